The quantitative estimate of drug-likeness (QED) is 0.816. The molecule has 0 heterocycles. The molecule has 20 heavy (non-hydrogen) atoms. The third kappa shape index (κ3) is 3.08. The molecule has 1 saturated carbocycles. The molecular weight excluding hydrogens is 336 g/mol. The van der Waals surface area contributed by atoms with Crippen molar-refractivity contribution in [3.8, 4) is 0 Å². The lowest BCUT2D eigenvalue weighted by molar-refractivity contribution is 0.281. The Hall–Kier alpha value is -0.830. The highest BCUT2D eigenvalue weighted by Gasteiger charge is 2.22. The van der Waals surface area contributed by atoms with E-state index >= 15 is 0 Å². The molecule has 104 valence electrons. The monoisotopic (exact) mass is 350 g/mol. The van der Waals surface area contributed by atoms with Gasteiger partial charge in [-0.1, -0.05) is 51.8 Å². The highest BCUT2D eigenvalue weighted by molar-refractivity contribution is 9.10. The van der Waals surface area contributed by atoms with Crippen molar-refractivity contribution in [3.05, 3.63) is 68.1 Å². The number of aliphatic hydroxyl groups is 1. The Morgan fingerprint density at radius 1 is 1.10 bits per heavy atom. The zero-order valence-electron chi connectivity index (χ0n) is 11.1. The van der Waals surface area contributed by atoms with Gasteiger partial charge in [0.15, 0.2) is 0 Å². The summed E-state index contributed by atoms with van der Waals surface area (Å²) in [5.41, 5.74) is 4.62. The van der Waals surface area contributed by atoms with Gasteiger partial charge in [-0.05, 0) is 59.6 Å². The molecule has 1 N–H and O–H groups in total. The number of hydrogen-bond acceptors (Lipinski definition) is 1. The summed E-state index contributed by atoms with van der Waals surface area (Å²) < 4.78 is 0.911. The molecular formula is C17H16BrClO. The van der Waals surface area contributed by atoms with Crippen molar-refractivity contribution in [1.29, 1.82) is 0 Å². The zero-order chi connectivity index (χ0) is 14.1. The van der Waals surface area contributed by atoms with E-state index in [0.29, 0.717) is 5.02 Å². The molecule has 3 rings (SSSR count). The average Bonchev–Trinajstić information content (AvgIpc) is 3.28. The van der Waals surface area contributed by atoms with E-state index < -0.39 is 0 Å². The molecule has 1 nitrogen and oxygen atoms in total. The van der Waals surface area contributed by atoms with Crippen LogP contribution in [0.4, 0.5) is 0 Å². The molecule has 0 aromatic heterocycles. The van der Waals surface area contributed by atoms with Crippen molar-refractivity contribution in [2.75, 3.05) is 0 Å². The van der Waals surface area contributed by atoms with Gasteiger partial charge >= 0.3 is 0 Å². The number of aliphatic hydroxyl groups excluding tert-OH is 1. The Balaban J connectivity index is 1.81. The van der Waals surface area contributed by atoms with E-state index in [2.05, 4.69) is 40.2 Å². The van der Waals surface area contributed by atoms with Crippen LogP contribution in [-0.4, -0.2) is 5.11 Å². The Bertz CT molecular complexity index is 618. The van der Waals surface area contributed by atoms with E-state index in [9.17, 15) is 5.11 Å². The van der Waals surface area contributed by atoms with Gasteiger partial charge in [-0.25, -0.2) is 0 Å². The second-order valence-corrected chi connectivity index (χ2v) is 6.65. The Morgan fingerprint density at radius 2 is 1.80 bits per heavy atom. The fourth-order valence-electron chi connectivity index (χ4n) is 2.43. The lowest BCUT2D eigenvalue weighted by atomic mass is 10.0. The zero-order valence-corrected chi connectivity index (χ0v) is 13.4. The minimum absolute atomic E-state index is 0.00330. The number of rotatable bonds is 4. The molecule has 2 aromatic rings. The lowest BCUT2D eigenvalue weighted by Crippen LogP contribution is -1.94. The first-order valence-electron chi connectivity index (χ1n) is 6.84. The van der Waals surface area contributed by atoms with Gasteiger partial charge in [0.05, 0.1) is 6.61 Å². The molecule has 0 aliphatic heterocycles. The summed E-state index contributed by atoms with van der Waals surface area (Å²) in [7, 11) is 0. The van der Waals surface area contributed by atoms with Gasteiger partial charge in [-0.2, -0.15) is 0 Å². The first kappa shape index (κ1) is 14.1. The maximum Gasteiger partial charge on any atom is 0.0693 e. The fraction of sp³-hybridized carbons (Fsp3) is 0.294. The average molecular weight is 352 g/mol. The number of halogens is 2. The second kappa shape index (κ2) is 5.88. The largest absolute Gasteiger partial charge is 0.392 e. The Kier molecular flexibility index (Phi) is 4.16. The molecule has 0 unspecified atom stereocenters. The molecule has 3 heteroatoms. The second-order valence-electron chi connectivity index (χ2n) is 5.39. The third-order valence-corrected chi connectivity index (χ3v) is 4.90. The van der Waals surface area contributed by atoms with Gasteiger partial charge in [0.2, 0.25) is 0 Å². The van der Waals surface area contributed by atoms with Crippen LogP contribution < -0.4 is 0 Å². The molecule has 0 amide bonds. The fourth-order valence-corrected chi connectivity index (χ4v) is 3.20. The molecule has 0 spiro atoms. The van der Waals surface area contributed by atoms with Crippen molar-refractivity contribution in [2.45, 2.75) is 31.8 Å². The summed E-state index contributed by atoms with van der Waals surface area (Å²) in [6.07, 6.45) is 3.48. The van der Waals surface area contributed by atoms with E-state index in [1.54, 1.807) is 0 Å². The molecule has 0 bridgehead atoms. The first-order chi connectivity index (χ1) is 9.67. The summed E-state index contributed by atoms with van der Waals surface area (Å²) >= 11 is 9.76. The maximum atomic E-state index is 9.22. The lowest BCUT2D eigenvalue weighted by Gasteiger charge is -2.09. The Labute approximate surface area is 132 Å². The highest BCUT2D eigenvalue weighted by atomic mass is 79.9. The van der Waals surface area contributed by atoms with Crippen LogP contribution in [-0.2, 0) is 13.0 Å². The number of benzene rings is 2. The smallest absolute Gasteiger partial charge is 0.0693 e. The first-order valence-corrected chi connectivity index (χ1v) is 8.01. The van der Waals surface area contributed by atoms with E-state index in [1.165, 1.54) is 24.0 Å². The summed E-state index contributed by atoms with van der Waals surface area (Å²) in [4.78, 5) is 0. The van der Waals surface area contributed by atoms with Crippen LogP contribution in [0.25, 0.3) is 0 Å². The summed E-state index contributed by atoms with van der Waals surface area (Å²) in [5, 5.41) is 9.93. The highest BCUT2D eigenvalue weighted by Crippen LogP contribution is 2.40. The van der Waals surface area contributed by atoms with E-state index in [-0.39, 0.29) is 6.61 Å². The van der Waals surface area contributed by atoms with Crippen LogP contribution in [0.15, 0.2) is 40.9 Å². The molecule has 1 aliphatic carbocycles. The third-order valence-electron chi connectivity index (χ3n) is 3.81. The van der Waals surface area contributed by atoms with Crippen molar-refractivity contribution >= 4 is 27.5 Å². The van der Waals surface area contributed by atoms with E-state index in [0.717, 1.165) is 27.9 Å². The molecule has 0 atom stereocenters. The van der Waals surface area contributed by atoms with Gasteiger partial charge in [0.1, 0.15) is 0 Å². The van der Waals surface area contributed by atoms with Gasteiger partial charge in [-0.3, -0.25) is 0 Å². The minimum Gasteiger partial charge on any atom is -0.392 e. The van der Waals surface area contributed by atoms with Crippen molar-refractivity contribution in [1.82, 2.24) is 0 Å². The molecule has 2 aromatic carbocycles. The predicted octanol–water partition coefficient (Wildman–Crippen LogP) is 5.06. The van der Waals surface area contributed by atoms with Crippen molar-refractivity contribution in [3.63, 3.8) is 0 Å². The predicted molar refractivity (Wildman–Crippen MR) is 86.3 cm³/mol. The van der Waals surface area contributed by atoms with Crippen LogP contribution in [0.3, 0.4) is 0 Å². The van der Waals surface area contributed by atoms with E-state index in [4.69, 9.17) is 11.6 Å². The van der Waals surface area contributed by atoms with Gasteiger partial charge in [-0.15, -0.1) is 0 Å². The molecule has 0 radical (unpaired) electrons. The van der Waals surface area contributed by atoms with Crippen LogP contribution >= 0.6 is 27.5 Å². The van der Waals surface area contributed by atoms with Crippen LogP contribution in [0, 0.1) is 0 Å². The van der Waals surface area contributed by atoms with Crippen molar-refractivity contribution in [2.24, 2.45) is 0 Å². The minimum atomic E-state index is -0.00330. The van der Waals surface area contributed by atoms with E-state index in [1.807, 2.05) is 12.1 Å². The standard InChI is InChI=1S/C17H16BrClO/c18-16-8-14(17(19)9-15(16)10-20)7-11-1-3-12(4-2-11)13-5-6-13/h1-4,8-9,13,20H,5-7,10H2. The molecule has 1 aliphatic rings. The summed E-state index contributed by atoms with van der Waals surface area (Å²) in [5.74, 6) is 0.797. The van der Waals surface area contributed by atoms with Gasteiger partial charge < -0.3 is 5.11 Å². The maximum absolute atomic E-state index is 9.22. The van der Waals surface area contributed by atoms with Crippen LogP contribution in [0.1, 0.15) is 41.0 Å². The molecule has 1 fully saturated rings. The van der Waals surface area contributed by atoms with Crippen molar-refractivity contribution < 1.29 is 5.11 Å². The van der Waals surface area contributed by atoms with Gasteiger partial charge in [0.25, 0.3) is 0 Å². The van der Waals surface area contributed by atoms with Crippen LogP contribution in [0.5, 0.6) is 0 Å². The molecule has 0 saturated heterocycles. The Morgan fingerprint density at radius 3 is 2.40 bits per heavy atom. The summed E-state index contributed by atoms with van der Waals surface area (Å²) in [6, 6.07) is 12.7. The summed E-state index contributed by atoms with van der Waals surface area (Å²) in [6.45, 7) is -0.00330. The topological polar surface area (TPSA) is 20.2 Å². The van der Waals surface area contributed by atoms with Gasteiger partial charge in [0, 0.05) is 9.50 Å². The van der Waals surface area contributed by atoms with Crippen LogP contribution in [0.2, 0.25) is 5.02 Å². The number of hydrogen-bond donors (Lipinski definition) is 1. The normalized spacial score (nSPS) is 14.6. The SMILES string of the molecule is OCc1cc(Cl)c(Cc2ccc(C3CC3)cc2)cc1Br.